The van der Waals surface area contributed by atoms with Crippen molar-refractivity contribution in [1.29, 1.82) is 0 Å². The Bertz CT molecular complexity index is 493. The molecule has 2 rings (SSSR count). The molecule has 1 aromatic carbocycles. The van der Waals surface area contributed by atoms with Crippen LogP contribution in [-0.4, -0.2) is 23.1 Å². The van der Waals surface area contributed by atoms with E-state index in [4.69, 9.17) is 16.3 Å². The number of hydrogen-bond donors (Lipinski definition) is 0. The summed E-state index contributed by atoms with van der Waals surface area (Å²) >= 11 is 6.01. The topological polar surface area (TPSA) is 29.5 Å². The highest BCUT2D eigenvalue weighted by Crippen LogP contribution is 2.32. The molecule has 0 spiro atoms. The Morgan fingerprint density at radius 2 is 2.11 bits per heavy atom. The lowest BCUT2D eigenvalue weighted by Gasteiger charge is -2.36. The summed E-state index contributed by atoms with van der Waals surface area (Å²) in [6.07, 6.45) is 0.569. The van der Waals surface area contributed by atoms with Gasteiger partial charge in [0.2, 0.25) is 0 Å². The summed E-state index contributed by atoms with van der Waals surface area (Å²) in [6.45, 7) is 8.34. The molecule has 104 valence electrons. The predicted octanol–water partition coefficient (Wildman–Crippen LogP) is 4.19. The quantitative estimate of drug-likeness (QED) is 0.713. The van der Waals surface area contributed by atoms with Crippen LogP contribution in [-0.2, 0) is 11.2 Å². The molecule has 0 unspecified atom stereocenters. The molecule has 0 saturated heterocycles. The van der Waals surface area contributed by atoms with Gasteiger partial charge in [0.1, 0.15) is 5.60 Å². The Morgan fingerprint density at radius 3 is 2.74 bits per heavy atom. The van der Waals surface area contributed by atoms with Crippen molar-refractivity contribution >= 4 is 17.7 Å². The molecule has 19 heavy (non-hydrogen) atoms. The average Bonchev–Trinajstić information content (AvgIpc) is 2.26. The third kappa shape index (κ3) is 3.21. The minimum absolute atomic E-state index is 0.0240. The molecular weight excluding hydrogens is 262 g/mol. The standard InChI is InChI=1S/C15H20ClNO2/c1-10-13-6-5-12(16)9-11(13)7-8-17(10)14(18)19-15(2,3)4/h5-6,9-10H,7-8H2,1-4H3/t10-/m1/s1. The predicted molar refractivity (Wildman–Crippen MR) is 76.5 cm³/mol. The van der Waals surface area contributed by atoms with Crippen molar-refractivity contribution in [1.82, 2.24) is 4.90 Å². The summed E-state index contributed by atoms with van der Waals surface area (Å²) in [7, 11) is 0. The molecule has 1 atom stereocenters. The molecular formula is C15H20ClNO2. The fourth-order valence-electron chi connectivity index (χ4n) is 2.37. The summed E-state index contributed by atoms with van der Waals surface area (Å²) in [6, 6.07) is 5.88. The van der Waals surface area contributed by atoms with Crippen molar-refractivity contribution in [3.8, 4) is 0 Å². The van der Waals surface area contributed by atoms with Crippen molar-refractivity contribution in [2.45, 2.75) is 45.8 Å². The lowest BCUT2D eigenvalue weighted by molar-refractivity contribution is 0.0160. The molecule has 0 N–H and O–H groups in total. The molecule has 3 nitrogen and oxygen atoms in total. The van der Waals surface area contributed by atoms with E-state index in [0.717, 1.165) is 17.0 Å². The van der Waals surface area contributed by atoms with Gasteiger partial charge in [-0.2, -0.15) is 0 Å². The monoisotopic (exact) mass is 281 g/mol. The second kappa shape index (κ2) is 5.04. The Balaban J connectivity index is 2.19. The van der Waals surface area contributed by atoms with Crippen molar-refractivity contribution in [3.05, 3.63) is 34.3 Å². The van der Waals surface area contributed by atoms with Crippen molar-refractivity contribution in [2.75, 3.05) is 6.54 Å². The largest absolute Gasteiger partial charge is 0.444 e. The lowest BCUT2D eigenvalue weighted by Crippen LogP contribution is -2.42. The van der Waals surface area contributed by atoms with Gasteiger partial charge in [0.15, 0.2) is 0 Å². The van der Waals surface area contributed by atoms with Gasteiger partial charge in [-0.3, -0.25) is 0 Å². The molecule has 1 aromatic rings. The van der Waals surface area contributed by atoms with Gasteiger partial charge in [-0.15, -0.1) is 0 Å². The molecule has 0 bridgehead atoms. The van der Waals surface area contributed by atoms with Gasteiger partial charge in [0.05, 0.1) is 6.04 Å². The summed E-state index contributed by atoms with van der Waals surface area (Å²) < 4.78 is 5.45. The molecule has 0 aliphatic carbocycles. The molecule has 1 aliphatic heterocycles. The van der Waals surface area contributed by atoms with E-state index in [-0.39, 0.29) is 12.1 Å². The molecule has 0 fully saturated rings. The number of hydrogen-bond acceptors (Lipinski definition) is 2. The number of amides is 1. The minimum Gasteiger partial charge on any atom is -0.444 e. The Morgan fingerprint density at radius 1 is 1.42 bits per heavy atom. The smallest absolute Gasteiger partial charge is 0.410 e. The second-order valence-corrected chi connectivity index (χ2v) is 6.38. The molecule has 4 heteroatoms. The molecule has 1 amide bonds. The number of carbonyl (C=O) groups is 1. The van der Waals surface area contributed by atoms with Gasteiger partial charge in [-0.1, -0.05) is 17.7 Å². The van der Waals surface area contributed by atoms with Crippen LogP contribution in [0.15, 0.2) is 18.2 Å². The van der Waals surface area contributed by atoms with Crippen LogP contribution < -0.4 is 0 Å². The van der Waals surface area contributed by atoms with E-state index in [2.05, 4.69) is 0 Å². The summed E-state index contributed by atoms with van der Waals surface area (Å²) in [4.78, 5) is 14.0. The Labute approximate surface area is 119 Å². The van der Waals surface area contributed by atoms with E-state index < -0.39 is 5.60 Å². The maximum absolute atomic E-state index is 12.2. The number of ether oxygens (including phenoxy) is 1. The molecule has 0 aromatic heterocycles. The van der Waals surface area contributed by atoms with Crippen LogP contribution in [0.3, 0.4) is 0 Å². The van der Waals surface area contributed by atoms with Crippen LogP contribution in [0.25, 0.3) is 0 Å². The number of carbonyl (C=O) groups excluding carboxylic acids is 1. The minimum atomic E-state index is -0.461. The SMILES string of the molecule is C[C@@H]1c2ccc(Cl)cc2CCN1C(=O)OC(C)(C)C. The lowest BCUT2D eigenvalue weighted by atomic mass is 9.94. The van der Waals surface area contributed by atoms with Gasteiger partial charge >= 0.3 is 6.09 Å². The number of fused-ring (bicyclic) bond motifs is 1. The Kier molecular flexibility index (Phi) is 3.77. The zero-order valence-corrected chi connectivity index (χ0v) is 12.6. The maximum atomic E-state index is 12.2. The van der Waals surface area contributed by atoms with Gasteiger partial charge in [0.25, 0.3) is 0 Å². The highest BCUT2D eigenvalue weighted by atomic mass is 35.5. The third-order valence-corrected chi connectivity index (χ3v) is 3.51. The molecule has 0 saturated carbocycles. The molecule has 0 radical (unpaired) electrons. The van der Waals surface area contributed by atoms with E-state index in [9.17, 15) is 4.79 Å². The fraction of sp³-hybridized carbons (Fsp3) is 0.533. The number of halogens is 1. The summed E-state index contributed by atoms with van der Waals surface area (Å²) in [5, 5.41) is 0.747. The highest BCUT2D eigenvalue weighted by Gasteiger charge is 2.30. The van der Waals surface area contributed by atoms with Crippen LogP contribution >= 0.6 is 11.6 Å². The maximum Gasteiger partial charge on any atom is 0.410 e. The van der Waals surface area contributed by atoms with Crippen LogP contribution in [0.2, 0.25) is 5.02 Å². The van der Waals surface area contributed by atoms with Crippen molar-refractivity contribution < 1.29 is 9.53 Å². The number of nitrogens with zero attached hydrogens (tertiary/aromatic N) is 1. The van der Waals surface area contributed by atoms with Crippen LogP contribution in [0, 0.1) is 0 Å². The van der Waals surface area contributed by atoms with E-state index in [1.807, 2.05) is 45.9 Å². The molecule has 1 heterocycles. The van der Waals surface area contributed by atoms with Crippen LogP contribution in [0.4, 0.5) is 4.79 Å². The van der Waals surface area contributed by atoms with Crippen molar-refractivity contribution in [3.63, 3.8) is 0 Å². The first kappa shape index (κ1) is 14.2. The van der Waals surface area contributed by atoms with Crippen LogP contribution in [0.1, 0.15) is 44.9 Å². The highest BCUT2D eigenvalue weighted by molar-refractivity contribution is 6.30. The Hall–Kier alpha value is -1.22. The summed E-state index contributed by atoms with van der Waals surface area (Å²) in [5.74, 6) is 0. The molecule has 1 aliphatic rings. The normalized spacial score (nSPS) is 19.0. The van der Waals surface area contributed by atoms with E-state index in [1.54, 1.807) is 4.90 Å². The number of benzene rings is 1. The second-order valence-electron chi connectivity index (χ2n) is 5.94. The van der Waals surface area contributed by atoms with Gasteiger partial charge < -0.3 is 9.64 Å². The first-order valence-corrected chi connectivity index (χ1v) is 6.93. The first-order valence-electron chi connectivity index (χ1n) is 6.56. The van der Waals surface area contributed by atoms with E-state index >= 15 is 0 Å². The van der Waals surface area contributed by atoms with E-state index in [1.165, 1.54) is 5.56 Å². The third-order valence-electron chi connectivity index (χ3n) is 3.27. The zero-order valence-electron chi connectivity index (χ0n) is 11.9. The van der Waals surface area contributed by atoms with Crippen LogP contribution in [0.5, 0.6) is 0 Å². The van der Waals surface area contributed by atoms with E-state index in [0.29, 0.717) is 6.54 Å². The van der Waals surface area contributed by atoms with Gasteiger partial charge in [0, 0.05) is 11.6 Å². The zero-order chi connectivity index (χ0) is 14.2. The van der Waals surface area contributed by atoms with Gasteiger partial charge in [-0.05, 0) is 57.4 Å². The number of rotatable bonds is 0. The average molecular weight is 282 g/mol. The first-order chi connectivity index (χ1) is 8.78. The van der Waals surface area contributed by atoms with Gasteiger partial charge in [-0.25, -0.2) is 4.79 Å². The van der Waals surface area contributed by atoms with Crippen molar-refractivity contribution in [2.24, 2.45) is 0 Å². The summed E-state index contributed by atoms with van der Waals surface area (Å²) in [5.41, 5.74) is 1.91. The fourth-order valence-corrected chi connectivity index (χ4v) is 2.57.